The fourth-order valence-electron chi connectivity index (χ4n) is 0.334. The highest BCUT2D eigenvalue weighted by atomic mass is 14.7. The van der Waals surface area contributed by atoms with Crippen LogP contribution in [0.2, 0.25) is 0 Å². The monoisotopic (exact) mass is 79.0 g/mol. The second kappa shape index (κ2) is 1.14. The first-order valence-corrected chi connectivity index (χ1v) is 1.93. The standard InChI is InChI=1S/C5H5N/c1-5-3-2-4-6-5/h3,5H,1H3/t5-/m1/s1. The minimum Gasteiger partial charge on any atom is -0.227 e. The quantitative estimate of drug-likeness (QED) is 0.380. The van der Waals surface area contributed by atoms with E-state index < -0.39 is 0 Å². The van der Waals surface area contributed by atoms with Crippen molar-refractivity contribution in [2.24, 2.45) is 4.99 Å². The molecule has 0 saturated heterocycles. The van der Waals surface area contributed by atoms with Crippen LogP contribution >= 0.6 is 0 Å². The first-order valence-electron chi connectivity index (χ1n) is 1.93. The van der Waals surface area contributed by atoms with Gasteiger partial charge in [-0.2, -0.15) is 0 Å². The topological polar surface area (TPSA) is 12.4 Å². The fraction of sp³-hybridized carbons (Fsp3) is 0.400. The number of hydrogen-bond acceptors (Lipinski definition) is 1. The van der Waals surface area contributed by atoms with E-state index in [0.717, 1.165) is 0 Å². The van der Waals surface area contributed by atoms with E-state index in [1.165, 1.54) is 0 Å². The SMILES string of the molecule is C[C@@H]1C=C=C=N1. The average Bonchev–Trinajstić information content (AvgIpc) is 1.86. The Kier molecular flexibility index (Phi) is 0.648. The van der Waals surface area contributed by atoms with E-state index in [2.05, 4.69) is 16.6 Å². The molecule has 0 aliphatic carbocycles. The Balaban J connectivity index is 2.89. The van der Waals surface area contributed by atoms with Crippen LogP contribution in [0.1, 0.15) is 6.92 Å². The van der Waals surface area contributed by atoms with Crippen LogP contribution in [0.15, 0.2) is 16.8 Å². The lowest BCUT2D eigenvalue weighted by Crippen LogP contribution is -1.83. The van der Waals surface area contributed by atoms with Crippen LogP contribution in [-0.2, 0) is 0 Å². The maximum atomic E-state index is 3.82. The summed E-state index contributed by atoms with van der Waals surface area (Å²) in [7, 11) is 0. The summed E-state index contributed by atoms with van der Waals surface area (Å²) >= 11 is 0. The Hall–Kier alpha value is -0.770. The van der Waals surface area contributed by atoms with Crippen molar-refractivity contribution in [1.82, 2.24) is 0 Å². The highest BCUT2D eigenvalue weighted by Gasteiger charge is 1.88. The Morgan fingerprint density at radius 2 is 2.67 bits per heavy atom. The molecule has 0 spiro atoms. The molecular formula is C5H5N. The smallest absolute Gasteiger partial charge is 0.0833 e. The van der Waals surface area contributed by atoms with Crippen molar-refractivity contribution in [3.05, 3.63) is 11.8 Å². The second-order valence-corrected chi connectivity index (χ2v) is 1.29. The lowest BCUT2D eigenvalue weighted by Gasteiger charge is -1.82. The summed E-state index contributed by atoms with van der Waals surface area (Å²) < 4.78 is 0. The fourth-order valence-corrected chi connectivity index (χ4v) is 0.334. The molecule has 6 heavy (non-hydrogen) atoms. The van der Waals surface area contributed by atoms with Gasteiger partial charge in [-0.3, -0.25) is 0 Å². The largest absolute Gasteiger partial charge is 0.227 e. The van der Waals surface area contributed by atoms with Gasteiger partial charge in [-0.1, -0.05) is 5.73 Å². The summed E-state index contributed by atoms with van der Waals surface area (Å²) in [4.78, 5) is 3.82. The Morgan fingerprint density at radius 3 is 2.83 bits per heavy atom. The van der Waals surface area contributed by atoms with Crippen LogP contribution in [0.25, 0.3) is 0 Å². The van der Waals surface area contributed by atoms with Gasteiger partial charge in [0.25, 0.3) is 0 Å². The van der Waals surface area contributed by atoms with E-state index in [1.807, 2.05) is 13.0 Å². The number of nitrogens with zero attached hydrogens (tertiary/aromatic N) is 1. The Labute approximate surface area is 36.7 Å². The molecule has 0 radical (unpaired) electrons. The van der Waals surface area contributed by atoms with Gasteiger partial charge in [0.15, 0.2) is 0 Å². The highest BCUT2D eigenvalue weighted by Crippen LogP contribution is 1.89. The van der Waals surface area contributed by atoms with E-state index >= 15 is 0 Å². The number of aliphatic imine (C=N–C) groups is 1. The van der Waals surface area contributed by atoms with Crippen LogP contribution in [0.4, 0.5) is 0 Å². The molecule has 0 aromatic rings. The maximum absolute atomic E-state index is 3.82. The van der Waals surface area contributed by atoms with E-state index in [-0.39, 0.29) is 0 Å². The average molecular weight is 79.1 g/mol. The van der Waals surface area contributed by atoms with Gasteiger partial charge in [-0.15, -0.1) is 0 Å². The maximum Gasteiger partial charge on any atom is 0.0833 e. The summed E-state index contributed by atoms with van der Waals surface area (Å²) in [5, 5.41) is 0. The molecule has 1 atom stereocenters. The van der Waals surface area contributed by atoms with Crippen LogP contribution < -0.4 is 0 Å². The van der Waals surface area contributed by atoms with E-state index in [9.17, 15) is 0 Å². The summed E-state index contributed by atoms with van der Waals surface area (Å²) in [6.45, 7) is 1.99. The van der Waals surface area contributed by atoms with Gasteiger partial charge >= 0.3 is 0 Å². The van der Waals surface area contributed by atoms with Gasteiger partial charge in [-0.25, -0.2) is 4.99 Å². The molecular weight excluding hydrogens is 74.1 g/mol. The lowest BCUT2D eigenvalue weighted by atomic mass is 10.4. The Morgan fingerprint density at radius 1 is 1.83 bits per heavy atom. The number of hydrogen-bond donors (Lipinski definition) is 0. The van der Waals surface area contributed by atoms with Crippen molar-refractivity contribution >= 4 is 5.87 Å². The van der Waals surface area contributed by atoms with Gasteiger partial charge in [0.2, 0.25) is 0 Å². The summed E-state index contributed by atoms with van der Waals surface area (Å²) in [6.07, 6.45) is 1.88. The van der Waals surface area contributed by atoms with Gasteiger partial charge in [0, 0.05) is 5.87 Å². The molecule has 0 unspecified atom stereocenters. The zero-order valence-corrected chi connectivity index (χ0v) is 3.60. The zero-order chi connectivity index (χ0) is 4.41. The van der Waals surface area contributed by atoms with E-state index in [4.69, 9.17) is 0 Å². The molecule has 1 aliphatic rings. The zero-order valence-electron chi connectivity index (χ0n) is 3.60. The molecule has 0 aromatic carbocycles. The van der Waals surface area contributed by atoms with Crippen LogP contribution in [-0.4, -0.2) is 11.9 Å². The molecule has 0 fully saturated rings. The second-order valence-electron chi connectivity index (χ2n) is 1.29. The minimum atomic E-state index is 0.324. The van der Waals surface area contributed by atoms with Crippen molar-refractivity contribution in [1.29, 1.82) is 0 Å². The molecule has 1 heterocycles. The van der Waals surface area contributed by atoms with Crippen LogP contribution in [0.3, 0.4) is 0 Å². The minimum absolute atomic E-state index is 0.324. The predicted octanol–water partition coefficient (Wildman–Crippen LogP) is 0.769. The van der Waals surface area contributed by atoms with Crippen molar-refractivity contribution in [3.63, 3.8) is 0 Å². The first kappa shape index (κ1) is 3.42. The molecule has 0 saturated carbocycles. The molecule has 1 aliphatic heterocycles. The van der Waals surface area contributed by atoms with Crippen molar-refractivity contribution < 1.29 is 0 Å². The van der Waals surface area contributed by atoms with Crippen molar-refractivity contribution in [2.75, 3.05) is 0 Å². The molecule has 1 rings (SSSR count). The molecule has 0 N–H and O–H groups in total. The molecule has 30 valence electrons. The van der Waals surface area contributed by atoms with E-state index in [1.54, 1.807) is 0 Å². The summed E-state index contributed by atoms with van der Waals surface area (Å²) in [5.41, 5.74) is 2.73. The predicted molar refractivity (Wildman–Crippen MR) is 25.0 cm³/mol. The molecule has 1 nitrogen and oxygen atoms in total. The summed E-state index contributed by atoms with van der Waals surface area (Å²) in [5.74, 6) is 2.59. The van der Waals surface area contributed by atoms with Gasteiger partial charge in [0.1, 0.15) is 0 Å². The number of rotatable bonds is 0. The molecule has 1 heteroatoms. The third-order valence-corrected chi connectivity index (χ3v) is 0.657. The highest BCUT2D eigenvalue weighted by molar-refractivity contribution is 5.54. The third kappa shape index (κ3) is 0.414. The third-order valence-electron chi connectivity index (χ3n) is 0.657. The molecule has 0 aromatic heterocycles. The molecule has 0 amide bonds. The van der Waals surface area contributed by atoms with E-state index in [0.29, 0.717) is 6.04 Å². The first-order chi connectivity index (χ1) is 2.89. The van der Waals surface area contributed by atoms with Crippen LogP contribution in [0, 0.1) is 0 Å². The normalized spacial score (nSPS) is 26.5. The van der Waals surface area contributed by atoms with Crippen molar-refractivity contribution in [2.45, 2.75) is 13.0 Å². The molecule has 0 bridgehead atoms. The van der Waals surface area contributed by atoms with Crippen LogP contribution in [0.5, 0.6) is 0 Å². The van der Waals surface area contributed by atoms with Gasteiger partial charge in [0.05, 0.1) is 6.04 Å². The summed E-state index contributed by atoms with van der Waals surface area (Å²) in [6, 6.07) is 0.324. The lowest BCUT2D eigenvalue weighted by molar-refractivity contribution is 0.948. The van der Waals surface area contributed by atoms with Gasteiger partial charge < -0.3 is 0 Å². The Bertz CT molecular complexity index is 118. The van der Waals surface area contributed by atoms with Gasteiger partial charge in [-0.05, 0) is 13.0 Å². The van der Waals surface area contributed by atoms with Crippen molar-refractivity contribution in [3.8, 4) is 0 Å².